The van der Waals surface area contributed by atoms with E-state index in [1.54, 1.807) is 6.92 Å². The summed E-state index contributed by atoms with van der Waals surface area (Å²) in [5.74, 6) is -0.941. The molecule has 0 aliphatic carbocycles. The van der Waals surface area contributed by atoms with Crippen LogP contribution in [0.5, 0.6) is 0 Å². The van der Waals surface area contributed by atoms with E-state index in [0.717, 1.165) is 10.8 Å². The SMILES string of the molecule is CCOC(=O)c1cn([C@@H]2O[C@H](CO)[C@H](O)[C@H]2O)c(=O)[nH]c1=O. The molecule has 10 heteroatoms. The lowest BCUT2D eigenvalue weighted by atomic mass is 10.1. The molecule has 4 N–H and O–H groups in total. The van der Waals surface area contributed by atoms with Crippen molar-refractivity contribution >= 4 is 5.97 Å². The fraction of sp³-hybridized carbons (Fsp3) is 0.583. The van der Waals surface area contributed by atoms with E-state index in [4.69, 9.17) is 9.84 Å². The van der Waals surface area contributed by atoms with Gasteiger partial charge in [-0.2, -0.15) is 0 Å². The fourth-order valence-electron chi connectivity index (χ4n) is 2.14. The number of esters is 1. The van der Waals surface area contributed by atoms with Crippen molar-refractivity contribution in [2.24, 2.45) is 0 Å². The van der Waals surface area contributed by atoms with Crippen LogP contribution in [-0.4, -0.2) is 62.4 Å². The highest BCUT2D eigenvalue weighted by molar-refractivity contribution is 5.88. The molecule has 10 nitrogen and oxygen atoms in total. The molecule has 0 unspecified atom stereocenters. The van der Waals surface area contributed by atoms with Gasteiger partial charge < -0.3 is 24.8 Å². The number of rotatable bonds is 4. The van der Waals surface area contributed by atoms with Crippen molar-refractivity contribution in [2.45, 2.75) is 31.5 Å². The molecular formula is C12H16N2O8. The minimum Gasteiger partial charge on any atom is -0.462 e. The Balaban J connectivity index is 2.44. The summed E-state index contributed by atoms with van der Waals surface area (Å²) in [6, 6.07) is 0. The Morgan fingerprint density at radius 3 is 2.64 bits per heavy atom. The molecule has 0 radical (unpaired) electrons. The topological polar surface area (TPSA) is 151 Å². The van der Waals surface area contributed by atoms with Gasteiger partial charge in [-0.15, -0.1) is 0 Å². The third-order valence-corrected chi connectivity index (χ3v) is 3.25. The molecule has 1 aromatic heterocycles. The van der Waals surface area contributed by atoms with Crippen LogP contribution in [0.2, 0.25) is 0 Å². The quantitative estimate of drug-likeness (QED) is 0.439. The van der Waals surface area contributed by atoms with Gasteiger partial charge in [0, 0.05) is 6.20 Å². The minimum absolute atomic E-state index is 0.0330. The van der Waals surface area contributed by atoms with Crippen molar-refractivity contribution in [2.75, 3.05) is 13.2 Å². The molecule has 0 spiro atoms. The molecule has 2 heterocycles. The lowest BCUT2D eigenvalue weighted by molar-refractivity contribution is -0.0551. The van der Waals surface area contributed by atoms with Gasteiger partial charge in [-0.25, -0.2) is 9.59 Å². The number of aliphatic hydroxyl groups excluding tert-OH is 3. The second kappa shape index (κ2) is 6.40. The molecule has 4 atom stereocenters. The summed E-state index contributed by atoms with van der Waals surface area (Å²) in [5, 5.41) is 28.6. The highest BCUT2D eigenvalue weighted by Crippen LogP contribution is 2.27. The summed E-state index contributed by atoms with van der Waals surface area (Å²) in [4.78, 5) is 37.0. The largest absolute Gasteiger partial charge is 0.462 e. The summed E-state index contributed by atoms with van der Waals surface area (Å²) in [6.07, 6.45) is -4.50. The average Bonchev–Trinajstić information content (AvgIpc) is 2.75. The maximum atomic E-state index is 11.8. The lowest BCUT2D eigenvalue weighted by Gasteiger charge is -2.17. The Bertz CT molecular complexity index is 666. The van der Waals surface area contributed by atoms with Crippen molar-refractivity contribution in [3.63, 3.8) is 0 Å². The fourth-order valence-corrected chi connectivity index (χ4v) is 2.14. The van der Waals surface area contributed by atoms with Gasteiger partial charge in [-0.3, -0.25) is 14.3 Å². The molecule has 0 aromatic carbocycles. The second-order valence-corrected chi connectivity index (χ2v) is 4.66. The van der Waals surface area contributed by atoms with Gasteiger partial charge in [0.05, 0.1) is 13.2 Å². The van der Waals surface area contributed by atoms with Gasteiger partial charge >= 0.3 is 11.7 Å². The number of hydrogen-bond acceptors (Lipinski definition) is 8. The zero-order valence-corrected chi connectivity index (χ0v) is 11.6. The molecule has 0 bridgehead atoms. The summed E-state index contributed by atoms with van der Waals surface area (Å²) < 4.78 is 10.6. The van der Waals surface area contributed by atoms with Gasteiger partial charge in [0.15, 0.2) is 6.23 Å². The van der Waals surface area contributed by atoms with Crippen molar-refractivity contribution < 1.29 is 29.6 Å². The van der Waals surface area contributed by atoms with Crippen LogP contribution in [-0.2, 0) is 9.47 Å². The molecule has 1 fully saturated rings. The Hall–Kier alpha value is -2.01. The minimum atomic E-state index is -1.52. The summed E-state index contributed by atoms with van der Waals surface area (Å²) in [7, 11) is 0. The zero-order chi connectivity index (χ0) is 16.4. The standard InChI is InChI=1S/C12H16N2O8/c1-2-21-11(19)5-3-14(12(20)13-9(5)18)10-8(17)7(16)6(4-15)22-10/h3,6-8,10,15-17H,2,4H2,1H3,(H,13,18,20)/t6-,7+,8-,10-/m1/s1. The van der Waals surface area contributed by atoms with E-state index in [0.29, 0.717) is 0 Å². The lowest BCUT2D eigenvalue weighted by Crippen LogP contribution is -2.39. The molecule has 0 saturated carbocycles. The van der Waals surface area contributed by atoms with Crippen LogP contribution in [0.25, 0.3) is 0 Å². The zero-order valence-electron chi connectivity index (χ0n) is 11.6. The first kappa shape index (κ1) is 16.4. The van der Waals surface area contributed by atoms with Crippen LogP contribution < -0.4 is 11.2 Å². The van der Waals surface area contributed by atoms with Crippen LogP contribution >= 0.6 is 0 Å². The first-order chi connectivity index (χ1) is 10.4. The van der Waals surface area contributed by atoms with Crippen LogP contribution in [0.4, 0.5) is 0 Å². The Morgan fingerprint density at radius 1 is 1.41 bits per heavy atom. The van der Waals surface area contributed by atoms with E-state index >= 15 is 0 Å². The molecule has 2 rings (SSSR count). The van der Waals surface area contributed by atoms with Crippen molar-refractivity contribution in [1.29, 1.82) is 0 Å². The van der Waals surface area contributed by atoms with Crippen LogP contribution in [0.3, 0.4) is 0 Å². The predicted octanol–water partition coefficient (Wildman–Crippen LogP) is -2.68. The molecule has 1 aliphatic rings. The number of ether oxygens (including phenoxy) is 2. The maximum Gasteiger partial charge on any atom is 0.345 e. The monoisotopic (exact) mass is 316 g/mol. The average molecular weight is 316 g/mol. The van der Waals surface area contributed by atoms with Gasteiger partial charge in [0.1, 0.15) is 23.9 Å². The summed E-state index contributed by atoms with van der Waals surface area (Å²) in [5.41, 5.74) is -2.32. The Labute approximate surface area is 123 Å². The number of hydrogen-bond donors (Lipinski definition) is 4. The smallest absolute Gasteiger partial charge is 0.345 e. The second-order valence-electron chi connectivity index (χ2n) is 4.66. The first-order valence-electron chi connectivity index (χ1n) is 6.55. The Kier molecular flexibility index (Phi) is 4.76. The number of carbonyl (C=O) groups is 1. The van der Waals surface area contributed by atoms with E-state index in [1.165, 1.54) is 0 Å². The predicted molar refractivity (Wildman–Crippen MR) is 70.3 cm³/mol. The third-order valence-electron chi connectivity index (χ3n) is 3.25. The number of nitrogens with zero attached hydrogens (tertiary/aromatic N) is 1. The van der Waals surface area contributed by atoms with Crippen LogP contribution in [0, 0.1) is 0 Å². The number of aromatic nitrogens is 2. The molecule has 122 valence electrons. The van der Waals surface area contributed by atoms with Crippen molar-refractivity contribution in [3.05, 3.63) is 32.6 Å². The normalized spacial score (nSPS) is 27.8. The van der Waals surface area contributed by atoms with Crippen LogP contribution in [0.1, 0.15) is 23.5 Å². The molecule has 1 saturated heterocycles. The van der Waals surface area contributed by atoms with Crippen molar-refractivity contribution in [1.82, 2.24) is 9.55 Å². The maximum absolute atomic E-state index is 11.8. The third kappa shape index (κ3) is 2.81. The highest BCUT2D eigenvalue weighted by atomic mass is 16.6. The van der Waals surface area contributed by atoms with Gasteiger partial charge in [-0.05, 0) is 6.92 Å². The van der Waals surface area contributed by atoms with E-state index < -0.39 is 53.9 Å². The molecule has 1 aliphatic heterocycles. The van der Waals surface area contributed by atoms with Gasteiger partial charge in [-0.1, -0.05) is 0 Å². The summed E-state index contributed by atoms with van der Waals surface area (Å²) in [6.45, 7) is 1.01. The van der Waals surface area contributed by atoms with Gasteiger partial charge in [0.2, 0.25) is 0 Å². The highest BCUT2D eigenvalue weighted by Gasteiger charge is 2.44. The summed E-state index contributed by atoms with van der Waals surface area (Å²) >= 11 is 0. The number of aromatic amines is 1. The van der Waals surface area contributed by atoms with Crippen molar-refractivity contribution in [3.8, 4) is 0 Å². The number of nitrogens with one attached hydrogen (secondary N) is 1. The number of H-pyrrole nitrogens is 1. The Morgan fingerprint density at radius 2 is 2.09 bits per heavy atom. The molecule has 22 heavy (non-hydrogen) atoms. The first-order valence-corrected chi connectivity index (χ1v) is 6.55. The van der Waals surface area contributed by atoms with E-state index in [2.05, 4.69) is 4.74 Å². The van der Waals surface area contributed by atoms with Crippen LogP contribution in [0.15, 0.2) is 15.8 Å². The van der Waals surface area contributed by atoms with E-state index in [1.807, 2.05) is 4.98 Å². The molecule has 0 amide bonds. The number of aliphatic hydroxyl groups is 3. The van der Waals surface area contributed by atoms with E-state index in [-0.39, 0.29) is 6.61 Å². The number of carbonyl (C=O) groups excluding carboxylic acids is 1. The molecule has 1 aromatic rings. The molecular weight excluding hydrogens is 300 g/mol. The van der Waals surface area contributed by atoms with E-state index in [9.17, 15) is 24.6 Å². The van der Waals surface area contributed by atoms with Gasteiger partial charge in [0.25, 0.3) is 5.56 Å².